The fraction of sp³-hybridized carbons (Fsp3) is 0.448. The van der Waals surface area contributed by atoms with Gasteiger partial charge < -0.3 is 14.8 Å². The first kappa shape index (κ1) is 27.5. The SMILES string of the molecule is CCN1CCC([C@H](SC)c2ccc(Nc3ncc(F)c(-c4cc(F)c5nc(C)n(C(C)C)c5c4)n3)nc2)CC1. The zero-order valence-corrected chi connectivity index (χ0v) is 23.9. The van der Waals surface area contributed by atoms with Gasteiger partial charge in [0.05, 0.1) is 11.7 Å². The molecule has 0 bridgehead atoms. The summed E-state index contributed by atoms with van der Waals surface area (Å²) in [6.45, 7) is 11.5. The van der Waals surface area contributed by atoms with Crippen LogP contribution in [0.5, 0.6) is 0 Å². The largest absolute Gasteiger partial charge is 0.326 e. The number of piperidine rings is 1. The second-order valence-electron chi connectivity index (χ2n) is 10.4. The van der Waals surface area contributed by atoms with Crippen molar-refractivity contribution in [2.75, 3.05) is 31.2 Å². The van der Waals surface area contributed by atoms with Crippen LogP contribution >= 0.6 is 11.8 Å². The van der Waals surface area contributed by atoms with Gasteiger partial charge in [-0.1, -0.05) is 13.0 Å². The second kappa shape index (κ2) is 11.6. The van der Waals surface area contributed by atoms with E-state index < -0.39 is 11.6 Å². The van der Waals surface area contributed by atoms with E-state index in [2.05, 4.69) is 49.4 Å². The Balaban J connectivity index is 1.38. The van der Waals surface area contributed by atoms with Gasteiger partial charge in [-0.15, -0.1) is 0 Å². The number of likely N-dealkylation sites (tertiary alicyclic amines) is 1. The number of halogens is 2. The van der Waals surface area contributed by atoms with Crippen molar-refractivity contribution >= 4 is 34.6 Å². The van der Waals surface area contributed by atoms with Gasteiger partial charge in [0, 0.05) is 23.1 Å². The number of nitrogens with one attached hydrogen (secondary N) is 1. The molecule has 1 aromatic carbocycles. The number of imidazole rings is 1. The average molecular weight is 552 g/mol. The minimum atomic E-state index is -0.633. The Hall–Kier alpha value is -3.11. The van der Waals surface area contributed by atoms with E-state index in [1.807, 2.05) is 49.4 Å². The molecule has 4 aromatic rings. The van der Waals surface area contributed by atoms with E-state index in [1.54, 1.807) is 6.07 Å². The standard InChI is InChI=1S/C29H35F2N7S/c1-6-37-11-9-19(10-12-37)28(39-5)20-7-8-25(32-15-20)35-29-33-16-23(31)26(36-29)21-13-22(30)27-24(14-21)38(17(2)3)18(4)34-27/h7-8,13-17,19,28H,6,9-12H2,1-5H3,(H,32,33,35,36)/t28-/m0/s1. The number of hydrogen-bond donors (Lipinski definition) is 1. The van der Waals surface area contributed by atoms with E-state index in [0.29, 0.717) is 33.9 Å². The summed E-state index contributed by atoms with van der Waals surface area (Å²) in [7, 11) is 0. The van der Waals surface area contributed by atoms with Crippen LogP contribution in [0.3, 0.4) is 0 Å². The Kier molecular flexibility index (Phi) is 8.13. The van der Waals surface area contributed by atoms with Gasteiger partial charge in [-0.05, 0) is 89.2 Å². The van der Waals surface area contributed by atoms with Crippen LogP contribution in [-0.2, 0) is 0 Å². The Labute approximate surface area is 232 Å². The predicted octanol–water partition coefficient (Wildman–Crippen LogP) is 6.94. The van der Waals surface area contributed by atoms with Crippen LogP contribution < -0.4 is 5.32 Å². The molecule has 206 valence electrons. The summed E-state index contributed by atoms with van der Waals surface area (Å²) in [6, 6.07) is 7.07. The van der Waals surface area contributed by atoms with Crippen molar-refractivity contribution in [1.29, 1.82) is 0 Å². The Bertz CT molecular complexity index is 1450. The van der Waals surface area contributed by atoms with E-state index >= 15 is 4.39 Å². The minimum absolute atomic E-state index is 0.0138. The molecule has 0 unspecified atom stereocenters. The summed E-state index contributed by atoms with van der Waals surface area (Å²) >= 11 is 1.87. The molecule has 1 aliphatic rings. The van der Waals surface area contributed by atoms with Gasteiger partial charge in [0.25, 0.3) is 0 Å². The lowest BCUT2D eigenvalue weighted by Gasteiger charge is -2.35. The van der Waals surface area contributed by atoms with Crippen molar-refractivity contribution in [1.82, 2.24) is 29.4 Å². The van der Waals surface area contributed by atoms with Crippen LogP contribution in [0.4, 0.5) is 20.5 Å². The smallest absolute Gasteiger partial charge is 0.229 e. The summed E-state index contributed by atoms with van der Waals surface area (Å²) in [4.78, 5) is 20.0. The van der Waals surface area contributed by atoms with Crippen LogP contribution in [0.1, 0.15) is 56.3 Å². The van der Waals surface area contributed by atoms with Crippen molar-refractivity contribution in [2.24, 2.45) is 5.92 Å². The van der Waals surface area contributed by atoms with Gasteiger partial charge in [-0.25, -0.2) is 28.7 Å². The number of thioether (sulfide) groups is 1. The van der Waals surface area contributed by atoms with Crippen molar-refractivity contribution in [3.63, 3.8) is 0 Å². The topological polar surface area (TPSA) is 71.8 Å². The van der Waals surface area contributed by atoms with Gasteiger partial charge in [-0.3, -0.25) is 0 Å². The van der Waals surface area contributed by atoms with Gasteiger partial charge in [-0.2, -0.15) is 11.8 Å². The summed E-state index contributed by atoms with van der Waals surface area (Å²) < 4.78 is 31.8. The Morgan fingerprint density at radius 3 is 2.46 bits per heavy atom. The second-order valence-corrected chi connectivity index (χ2v) is 11.3. The van der Waals surface area contributed by atoms with Crippen LogP contribution in [0.2, 0.25) is 0 Å². The molecule has 39 heavy (non-hydrogen) atoms. The molecule has 3 aromatic heterocycles. The molecular weight excluding hydrogens is 516 g/mol. The fourth-order valence-electron chi connectivity index (χ4n) is 5.62. The van der Waals surface area contributed by atoms with E-state index in [4.69, 9.17) is 0 Å². The van der Waals surface area contributed by atoms with Gasteiger partial charge >= 0.3 is 0 Å². The normalized spacial score (nSPS) is 15.8. The van der Waals surface area contributed by atoms with Crippen LogP contribution in [0, 0.1) is 24.5 Å². The van der Waals surface area contributed by atoms with Crippen LogP contribution in [0.25, 0.3) is 22.3 Å². The highest BCUT2D eigenvalue weighted by atomic mass is 32.2. The molecule has 7 nitrogen and oxygen atoms in total. The lowest BCUT2D eigenvalue weighted by Crippen LogP contribution is -2.34. The molecular formula is C29H35F2N7S. The number of aromatic nitrogens is 5. The molecule has 0 saturated carbocycles. The lowest BCUT2D eigenvalue weighted by molar-refractivity contribution is 0.190. The Morgan fingerprint density at radius 2 is 1.82 bits per heavy atom. The fourth-order valence-corrected chi connectivity index (χ4v) is 6.69. The molecule has 4 heterocycles. The number of nitrogens with zero attached hydrogens (tertiary/aromatic N) is 6. The monoisotopic (exact) mass is 551 g/mol. The van der Waals surface area contributed by atoms with Crippen LogP contribution in [-0.4, -0.2) is 55.3 Å². The number of aryl methyl sites for hydroxylation is 1. The summed E-state index contributed by atoms with van der Waals surface area (Å²) in [5, 5.41) is 3.47. The maximum atomic E-state index is 15.0. The molecule has 0 amide bonds. The first-order valence-electron chi connectivity index (χ1n) is 13.5. The van der Waals surface area contributed by atoms with Crippen molar-refractivity contribution in [3.8, 4) is 11.3 Å². The molecule has 1 atom stereocenters. The third kappa shape index (κ3) is 5.63. The summed E-state index contributed by atoms with van der Waals surface area (Å²) in [5.74, 6) is 0.928. The summed E-state index contributed by atoms with van der Waals surface area (Å²) in [5.41, 5.74) is 2.40. The number of benzene rings is 1. The van der Waals surface area contributed by atoms with Crippen LogP contribution in [0.15, 0.2) is 36.7 Å². The number of hydrogen-bond acceptors (Lipinski definition) is 7. The molecule has 1 aliphatic heterocycles. The van der Waals surface area contributed by atoms with Gasteiger partial charge in [0.1, 0.15) is 22.9 Å². The molecule has 1 fully saturated rings. The number of anilines is 2. The average Bonchev–Trinajstić information content (AvgIpc) is 3.28. The van der Waals surface area contributed by atoms with E-state index in [9.17, 15) is 4.39 Å². The molecule has 5 rings (SSSR count). The lowest BCUT2D eigenvalue weighted by atomic mass is 9.90. The molecule has 1 saturated heterocycles. The predicted molar refractivity (Wildman–Crippen MR) is 154 cm³/mol. The highest BCUT2D eigenvalue weighted by Gasteiger charge is 2.27. The van der Waals surface area contributed by atoms with Gasteiger partial charge in [0.15, 0.2) is 11.6 Å². The van der Waals surface area contributed by atoms with Crippen molar-refractivity contribution < 1.29 is 8.78 Å². The summed E-state index contributed by atoms with van der Waals surface area (Å²) in [6.07, 6.45) is 7.54. The van der Waals surface area contributed by atoms with E-state index in [0.717, 1.165) is 25.8 Å². The molecule has 10 heteroatoms. The highest BCUT2D eigenvalue weighted by Crippen LogP contribution is 2.40. The zero-order valence-electron chi connectivity index (χ0n) is 23.1. The zero-order chi connectivity index (χ0) is 27.7. The minimum Gasteiger partial charge on any atom is -0.326 e. The molecule has 1 N–H and O–H groups in total. The number of rotatable bonds is 8. The van der Waals surface area contributed by atoms with E-state index in [1.165, 1.54) is 24.5 Å². The third-order valence-electron chi connectivity index (χ3n) is 7.58. The first-order chi connectivity index (χ1) is 18.8. The maximum absolute atomic E-state index is 15.0. The highest BCUT2D eigenvalue weighted by molar-refractivity contribution is 7.98. The molecule has 0 radical (unpaired) electrons. The number of pyridine rings is 1. The Morgan fingerprint density at radius 1 is 1.05 bits per heavy atom. The number of fused-ring (bicyclic) bond motifs is 1. The third-order valence-corrected chi connectivity index (χ3v) is 8.74. The van der Waals surface area contributed by atoms with E-state index in [-0.39, 0.29) is 23.2 Å². The maximum Gasteiger partial charge on any atom is 0.229 e. The molecule has 0 spiro atoms. The first-order valence-corrected chi connectivity index (χ1v) is 14.8. The van der Waals surface area contributed by atoms with Crippen molar-refractivity contribution in [2.45, 2.75) is 51.8 Å². The van der Waals surface area contributed by atoms with Crippen molar-refractivity contribution in [3.05, 3.63) is 59.7 Å². The van der Waals surface area contributed by atoms with Gasteiger partial charge in [0.2, 0.25) is 5.95 Å². The molecule has 0 aliphatic carbocycles. The quantitative estimate of drug-likeness (QED) is 0.254.